The zero-order valence-corrected chi connectivity index (χ0v) is 8.95. The van der Waals surface area contributed by atoms with Gasteiger partial charge in [0.25, 0.3) is 9.05 Å². The second kappa shape index (κ2) is 2.70. The second-order valence-corrected chi connectivity index (χ2v) is 5.88. The lowest BCUT2D eigenvalue weighted by Gasteiger charge is -1.94. The topological polar surface area (TPSA) is 51.4 Å². The molecule has 2 heterocycles. The molecular weight excluding hydrogens is 232 g/mol. The first kappa shape index (κ1) is 8.98. The fourth-order valence-corrected chi connectivity index (χ4v) is 2.94. The Bertz CT molecular complexity index is 554. The molecule has 2 rings (SSSR count). The number of thiazole rings is 1. The van der Waals surface area contributed by atoms with E-state index in [4.69, 9.17) is 10.7 Å². The Hall–Kier alpha value is -0.590. The number of hydrogen-bond acceptors (Lipinski definition) is 4. The molecule has 0 amide bonds. The molecule has 70 valence electrons. The highest BCUT2D eigenvalue weighted by molar-refractivity contribution is 8.13. The van der Waals surface area contributed by atoms with Crippen molar-refractivity contribution in [3.63, 3.8) is 0 Å². The fraction of sp³-hybridized carbons (Fsp3) is 0.167. The van der Waals surface area contributed by atoms with Gasteiger partial charge in [0.2, 0.25) is 0 Å². The van der Waals surface area contributed by atoms with E-state index in [0.29, 0.717) is 4.96 Å². The molecule has 7 heteroatoms. The average Bonchev–Trinajstić information content (AvgIpc) is 2.51. The van der Waals surface area contributed by atoms with Crippen LogP contribution in [-0.4, -0.2) is 17.8 Å². The van der Waals surface area contributed by atoms with E-state index >= 15 is 0 Å². The molecule has 0 radical (unpaired) electrons. The van der Waals surface area contributed by atoms with Crippen LogP contribution in [0.5, 0.6) is 0 Å². The highest BCUT2D eigenvalue weighted by Crippen LogP contribution is 2.22. The number of halogens is 1. The van der Waals surface area contributed by atoms with Gasteiger partial charge in [-0.3, -0.25) is 4.40 Å². The smallest absolute Gasteiger partial charge is 0.277 e. The van der Waals surface area contributed by atoms with Crippen LogP contribution < -0.4 is 0 Å². The van der Waals surface area contributed by atoms with Crippen molar-refractivity contribution < 1.29 is 8.42 Å². The normalized spacial score (nSPS) is 12.5. The summed E-state index contributed by atoms with van der Waals surface area (Å²) in [5.74, 6) is 0. The molecule has 0 N–H and O–H groups in total. The number of aromatic nitrogens is 2. The molecule has 0 atom stereocenters. The molecule has 0 saturated carbocycles. The molecule has 0 aliphatic carbocycles. The lowest BCUT2D eigenvalue weighted by molar-refractivity contribution is 0.605. The van der Waals surface area contributed by atoms with Crippen molar-refractivity contribution in [3.8, 4) is 0 Å². The molecule has 0 aliphatic rings. The van der Waals surface area contributed by atoms with Crippen molar-refractivity contribution in [2.45, 2.75) is 11.9 Å². The first-order valence-corrected chi connectivity index (χ1v) is 6.55. The number of hydrogen-bond donors (Lipinski definition) is 0. The monoisotopic (exact) mass is 236 g/mol. The molecular formula is C6H5ClN2O2S2. The van der Waals surface area contributed by atoms with E-state index in [1.165, 1.54) is 21.9 Å². The van der Waals surface area contributed by atoms with Gasteiger partial charge in [-0.15, -0.1) is 11.3 Å². The minimum atomic E-state index is -3.70. The summed E-state index contributed by atoms with van der Waals surface area (Å²) in [7, 11) is 1.52. The highest BCUT2D eigenvalue weighted by atomic mass is 35.7. The Morgan fingerprint density at radius 1 is 1.62 bits per heavy atom. The highest BCUT2D eigenvalue weighted by Gasteiger charge is 2.18. The Kier molecular flexibility index (Phi) is 1.86. The van der Waals surface area contributed by atoms with Gasteiger partial charge in [0, 0.05) is 21.8 Å². The third-order valence-electron chi connectivity index (χ3n) is 1.63. The zero-order valence-electron chi connectivity index (χ0n) is 6.56. The molecule has 4 nitrogen and oxygen atoms in total. The minimum absolute atomic E-state index is 0.0305. The van der Waals surface area contributed by atoms with Crippen LogP contribution in [0.1, 0.15) is 5.69 Å². The fourth-order valence-electron chi connectivity index (χ4n) is 1.09. The van der Waals surface area contributed by atoms with E-state index < -0.39 is 9.05 Å². The van der Waals surface area contributed by atoms with Crippen molar-refractivity contribution in [1.82, 2.24) is 9.38 Å². The van der Waals surface area contributed by atoms with Gasteiger partial charge in [-0.2, -0.15) is 0 Å². The van der Waals surface area contributed by atoms with E-state index in [1.54, 1.807) is 6.92 Å². The second-order valence-electron chi connectivity index (χ2n) is 2.53. The van der Waals surface area contributed by atoms with Gasteiger partial charge in [0.05, 0.1) is 6.20 Å². The summed E-state index contributed by atoms with van der Waals surface area (Å²) in [6.07, 6.45) is 1.27. The first-order chi connectivity index (χ1) is 6.00. The van der Waals surface area contributed by atoms with E-state index in [-0.39, 0.29) is 5.03 Å². The van der Waals surface area contributed by atoms with Crippen molar-refractivity contribution >= 4 is 36.0 Å². The van der Waals surface area contributed by atoms with Crippen molar-refractivity contribution in [3.05, 3.63) is 17.3 Å². The van der Waals surface area contributed by atoms with Gasteiger partial charge in [0.1, 0.15) is 0 Å². The quantitative estimate of drug-likeness (QED) is 0.708. The molecule has 0 aliphatic heterocycles. The van der Waals surface area contributed by atoms with Crippen LogP contribution in [-0.2, 0) is 9.05 Å². The van der Waals surface area contributed by atoms with E-state index in [1.807, 2.05) is 5.38 Å². The largest absolute Gasteiger partial charge is 0.278 e. The van der Waals surface area contributed by atoms with Crippen LogP contribution in [0.3, 0.4) is 0 Å². The molecule has 2 aromatic rings. The third-order valence-corrected chi connectivity index (χ3v) is 3.85. The van der Waals surface area contributed by atoms with Crippen LogP contribution in [0, 0.1) is 6.92 Å². The van der Waals surface area contributed by atoms with Gasteiger partial charge in [0.15, 0.2) is 9.99 Å². The summed E-state index contributed by atoms with van der Waals surface area (Å²) in [6.45, 7) is 1.80. The maximum Gasteiger partial charge on any atom is 0.278 e. The lowest BCUT2D eigenvalue weighted by atomic mass is 10.6. The number of fused-ring (bicyclic) bond motifs is 1. The molecule has 2 aromatic heterocycles. The molecule has 0 bridgehead atoms. The molecule has 0 spiro atoms. The first-order valence-electron chi connectivity index (χ1n) is 3.36. The van der Waals surface area contributed by atoms with Gasteiger partial charge in [-0.1, -0.05) is 0 Å². The lowest BCUT2D eigenvalue weighted by Crippen LogP contribution is -1.96. The Balaban J connectivity index is 2.92. The maximum absolute atomic E-state index is 11.1. The summed E-state index contributed by atoms with van der Waals surface area (Å²) < 4.78 is 23.7. The number of aryl methyl sites for hydroxylation is 1. The summed E-state index contributed by atoms with van der Waals surface area (Å²) in [5.41, 5.74) is 0.816. The summed E-state index contributed by atoms with van der Waals surface area (Å²) >= 11 is 1.38. The van der Waals surface area contributed by atoms with Crippen molar-refractivity contribution in [2.24, 2.45) is 0 Å². The van der Waals surface area contributed by atoms with E-state index in [2.05, 4.69) is 4.98 Å². The predicted molar refractivity (Wildman–Crippen MR) is 50.8 cm³/mol. The van der Waals surface area contributed by atoms with Crippen LogP contribution in [0.15, 0.2) is 16.6 Å². The Morgan fingerprint density at radius 3 is 2.92 bits per heavy atom. The Morgan fingerprint density at radius 2 is 2.31 bits per heavy atom. The van der Waals surface area contributed by atoms with Crippen LogP contribution in [0.25, 0.3) is 4.96 Å². The van der Waals surface area contributed by atoms with Crippen LogP contribution >= 0.6 is 22.0 Å². The van der Waals surface area contributed by atoms with Gasteiger partial charge >= 0.3 is 0 Å². The molecule has 0 saturated heterocycles. The van der Waals surface area contributed by atoms with Gasteiger partial charge in [-0.25, -0.2) is 13.4 Å². The summed E-state index contributed by atoms with van der Waals surface area (Å²) in [4.78, 5) is 4.56. The number of rotatable bonds is 1. The number of imidazole rings is 1. The SMILES string of the molecule is Cc1csc2ncc(S(=O)(=O)Cl)n12. The van der Waals surface area contributed by atoms with E-state index in [0.717, 1.165) is 5.69 Å². The van der Waals surface area contributed by atoms with Crippen molar-refractivity contribution in [1.29, 1.82) is 0 Å². The van der Waals surface area contributed by atoms with Gasteiger partial charge < -0.3 is 0 Å². The minimum Gasteiger partial charge on any atom is -0.277 e. The average molecular weight is 237 g/mol. The van der Waals surface area contributed by atoms with Crippen molar-refractivity contribution in [2.75, 3.05) is 0 Å². The summed E-state index contributed by atoms with van der Waals surface area (Å²) in [5, 5.41) is 1.86. The number of nitrogens with zero attached hydrogens (tertiary/aromatic N) is 2. The van der Waals surface area contributed by atoms with E-state index in [9.17, 15) is 8.42 Å². The maximum atomic E-state index is 11.1. The van der Waals surface area contributed by atoms with Gasteiger partial charge in [-0.05, 0) is 6.92 Å². The standard InChI is InChI=1S/C6H5ClN2O2S2/c1-4-3-12-6-8-2-5(9(4)6)13(7,10)11/h2-3H,1H3. The molecule has 0 aromatic carbocycles. The third kappa shape index (κ3) is 1.34. The Labute approximate surface area is 83.2 Å². The van der Waals surface area contributed by atoms with Crippen LogP contribution in [0.4, 0.5) is 0 Å². The van der Waals surface area contributed by atoms with Crippen LogP contribution in [0.2, 0.25) is 0 Å². The zero-order chi connectivity index (χ0) is 9.64. The predicted octanol–water partition coefficient (Wildman–Crippen LogP) is 1.63. The molecule has 0 unspecified atom stereocenters. The molecule has 0 fully saturated rings. The molecule has 13 heavy (non-hydrogen) atoms. The summed E-state index contributed by atoms with van der Waals surface area (Å²) in [6, 6.07) is 0.